The van der Waals surface area contributed by atoms with Gasteiger partial charge in [0, 0.05) is 55.8 Å². The number of hydrogen-bond acceptors (Lipinski definition) is 6. The fourth-order valence-electron chi connectivity index (χ4n) is 3.54. The number of benzene rings is 1. The first-order valence-electron chi connectivity index (χ1n) is 9.38. The first-order valence-corrected chi connectivity index (χ1v) is 9.38. The van der Waals surface area contributed by atoms with Crippen LogP contribution >= 0.6 is 0 Å². The first-order chi connectivity index (χ1) is 14.0. The Morgan fingerprint density at radius 3 is 2.93 bits per heavy atom. The van der Waals surface area contributed by atoms with Crippen LogP contribution in [0.25, 0.3) is 11.3 Å². The molecule has 1 aliphatic rings. The van der Waals surface area contributed by atoms with E-state index in [1.165, 1.54) is 22.9 Å². The second-order valence-electron chi connectivity index (χ2n) is 7.00. The summed E-state index contributed by atoms with van der Waals surface area (Å²) in [5.41, 5.74) is 1.33. The summed E-state index contributed by atoms with van der Waals surface area (Å²) < 4.78 is 20.9. The maximum absolute atomic E-state index is 14.1. The molecule has 0 unspecified atom stereocenters. The van der Waals surface area contributed by atoms with E-state index in [1.54, 1.807) is 14.2 Å². The van der Waals surface area contributed by atoms with Gasteiger partial charge in [0.15, 0.2) is 5.82 Å². The van der Waals surface area contributed by atoms with Crippen molar-refractivity contribution in [1.82, 2.24) is 14.5 Å². The van der Waals surface area contributed by atoms with Crippen molar-refractivity contribution in [2.75, 3.05) is 30.4 Å². The van der Waals surface area contributed by atoms with Gasteiger partial charge in [0.1, 0.15) is 5.75 Å². The van der Waals surface area contributed by atoms with Crippen LogP contribution in [0.1, 0.15) is 6.42 Å². The topological polar surface area (TPSA) is 72.3 Å². The zero-order valence-electron chi connectivity index (χ0n) is 16.3. The van der Waals surface area contributed by atoms with Gasteiger partial charge in [-0.25, -0.2) is 9.37 Å². The number of halogens is 1. The standard InChI is InChI=1S/C21H22FN5O2/c1-26-20(28)11-19(17-6-8-23-12-18(17)22)25-21(26)27-9-7-15(13-27)24-14-4-3-5-16(10-14)29-2/h3-6,8,10-12,15,24H,7,9,13H2,1-2H3/t15-/m1/s1. The summed E-state index contributed by atoms with van der Waals surface area (Å²) in [6, 6.07) is 10.8. The van der Waals surface area contributed by atoms with Crippen LogP contribution in [0.4, 0.5) is 16.0 Å². The zero-order valence-corrected chi connectivity index (χ0v) is 16.3. The van der Waals surface area contributed by atoms with Crippen LogP contribution in [0.15, 0.2) is 53.6 Å². The SMILES string of the molecule is COc1cccc(N[C@@H]2CCN(c3nc(-c4ccncc4F)cc(=O)n3C)C2)c1. The van der Waals surface area contributed by atoms with Gasteiger partial charge in [-0.2, -0.15) is 0 Å². The van der Waals surface area contributed by atoms with Crippen LogP contribution in [0.3, 0.4) is 0 Å². The molecule has 7 nitrogen and oxygen atoms in total. The summed E-state index contributed by atoms with van der Waals surface area (Å²) in [5, 5.41) is 3.50. The van der Waals surface area contributed by atoms with E-state index in [0.717, 1.165) is 30.6 Å². The van der Waals surface area contributed by atoms with E-state index in [-0.39, 0.29) is 17.2 Å². The second-order valence-corrected chi connectivity index (χ2v) is 7.00. The lowest BCUT2D eigenvalue weighted by Crippen LogP contribution is -2.32. The van der Waals surface area contributed by atoms with Gasteiger partial charge in [-0.1, -0.05) is 6.07 Å². The average Bonchev–Trinajstić information content (AvgIpc) is 3.18. The van der Waals surface area contributed by atoms with Crippen LogP contribution in [0, 0.1) is 5.82 Å². The highest BCUT2D eigenvalue weighted by Crippen LogP contribution is 2.25. The Balaban J connectivity index is 1.57. The first kappa shape index (κ1) is 18.9. The average molecular weight is 395 g/mol. The number of nitrogens with zero attached hydrogens (tertiary/aromatic N) is 4. The summed E-state index contributed by atoms with van der Waals surface area (Å²) in [6.45, 7) is 1.42. The zero-order chi connectivity index (χ0) is 20.4. The van der Waals surface area contributed by atoms with Gasteiger partial charge in [0.25, 0.3) is 5.56 Å². The number of nitrogens with one attached hydrogen (secondary N) is 1. The fourth-order valence-corrected chi connectivity index (χ4v) is 3.54. The minimum Gasteiger partial charge on any atom is -0.497 e. The third-order valence-corrected chi connectivity index (χ3v) is 5.07. The number of ether oxygens (including phenoxy) is 1. The summed E-state index contributed by atoms with van der Waals surface area (Å²) >= 11 is 0. The largest absolute Gasteiger partial charge is 0.497 e. The van der Waals surface area contributed by atoms with Crippen LogP contribution in [-0.2, 0) is 7.05 Å². The van der Waals surface area contributed by atoms with Gasteiger partial charge in [-0.3, -0.25) is 14.3 Å². The molecule has 2 aromatic heterocycles. The molecule has 29 heavy (non-hydrogen) atoms. The molecule has 1 aromatic carbocycles. The molecule has 1 saturated heterocycles. The van der Waals surface area contributed by atoms with Crippen LogP contribution < -0.4 is 20.5 Å². The molecule has 4 rings (SSSR count). The van der Waals surface area contributed by atoms with Crippen molar-refractivity contribution in [1.29, 1.82) is 0 Å². The van der Waals surface area contributed by atoms with E-state index >= 15 is 0 Å². The Labute approximate surface area is 167 Å². The summed E-state index contributed by atoms with van der Waals surface area (Å²) in [7, 11) is 3.32. The molecule has 3 heterocycles. The molecular formula is C21H22FN5O2. The van der Waals surface area contributed by atoms with Crippen LogP contribution in [0.2, 0.25) is 0 Å². The molecule has 1 fully saturated rings. The number of rotatable bonds is 5. The normalized spacial score (nSPS) is 16.1. The van der Waals surface area contributed by atoms with E-state index in [0.29, 0.717) is 18.2 Å². The van der Waals surface area contributed by atoms with Gasteiger partial charge < -0.3 is 15.0 Å². The molecule has 1 aliphatic heterocycles. The molecular weight excluding hydrogens is 373 g/mol. The molecule has 3 aromatic rings. The molecule has 1 N–H and O–H groups in total. The maximum Gasteiger partial charge on any atom is 0.255 e. The quantitative estimate of drug-likeness (QED) is 0.716. The van der Waals surface area contributed by atoms with E-state index in [4.69, 9.17) is 4.74 Å². The van der Waals surface area contributed by atoms with Crippen molar-refractivity contribution in [2.45, 2.75) is 12.5 Å². The van der Waals surface area contributed by atoms with Crippen molar-refractivity contribution in [2.24, 2.45) is 7.05 Å². The number of aromatic nitrogens is 3. The van der Waals surface area contributed by atoms with Gasteiger partial charge >= 0.3 is 0 Å². The number of hydrogen-bond donors (Lipinski definition) is 1. The lowest BCUT2D eigenvalue weighted by Gasteiger charge is -2.21. The molecule has 0 aliphatic carbocycles. The third-order valence-electron chi connectivity index (χ3n) is 5.07. The Morgan fingerprint density at radius 1 is 1.28 bits per heavy atom. The molecule has 0 spiro atoms. The number of pyridine rings is 1. The Hall–Kier alpha value is -3.42. The monoisotopic (exact) mass is 395 g/mol. The van der Waals surface area contributed by atoms with Crippen molar-refractivity contribution < 1.29 is 9.13 Å². The van der Waals surface area contributed by atoms with Crippen molar-refractivity contribution >= 4 is 11.6 Å². The molecule has 0 bridgehead atoms. The second kappa shape index (κ2) is 7.90. The van der Waals surface area contributed by atoms with Gasteiger partial charge in [0.05, 0.1) is 19.0 Å². The third kappa shape index (κ3) is 3.91. The van der Waals surface area contributed by atoms with Crippen molar-refractivity contribution in [3.05, 3.63) is 65.0 Å². The highest BCUT2D eigenvalue weighted by molar-refractivity contribution is 5.60. The van der Waals surface area contributed by atoms with E-state index < -0.39 is 5.82 Å². The molecule has 1 atom stereocenters. The smallest absolute Gasteiger partial charge is 0.255 e. The predicted molar refractivity (Wildman–Crippen MR) is 110 cm³/mol. The molecule has 0 radical (unpaired) electrons. The minimum atomic E-state index is -0.502. The van der Waals surface area contributed by atoms with Crippen molar-refractivity contribution in [3.63, 3.8) is 0 Å². The van der Waals surface area contributed by atoms with Crippen molar-refractivity contribution in [3.8, 4) is 17.0 Å². The minimum absolute atomic E-state index is 0.195. The maximum atomic E-state index is 14.1. The number of anilines is 2. The van der Waals surface area contributed by atoms with E-state index in [1.807, 2.05) is 29.2 Å². The predicted octanol–water partition coefficient (Wildman–Crippen LogP) is 2.68. The van der Waals surface area contributed by atoms with E-state index in [9.17, 15) is 9.18 Å². The summed E-state index contributed by atoms with van der Waals surface area (Å²) in [5.74, 6) is 0.817. The van der Waals surface area contributed by atoms with Gasteiger partial charge in [-0.05, 0) is 24.6 Å². The van der Waals surface area contributed by atoms with Gasteiger partial charge in [0.2, 0.25) is 5.95 Å². The lowest BCUT2D eigenvalue weighted by atomic mass is 10.2. The van der Waals surface area contributed by atoms with Gasteiger partial charge in [-0.15, -0.1) is 0 Å². The van der Waals surface area contributed by atoms with E-state index in [2.05, 4.69) is 15.3 Å². The lowest BCUT2D eigenvalue weighted by molar-refractivity contribution is 0.415. The summed E-state index contributed by atoms with van der Waals surface area (Å²) in [6.07, 6.45) is 3.50. The van der Waals surface area contributed by atoms with Crippen LogP contribution in [0.5, 0.6) is 5.75 Å². The molecule has 0 amide bonds. The molecule has 8 heteroatoms. The summed E-state index contributed by atoms with van der Waals surface area (Å²) in [4.78, 5) is 22.9. The van der Waals surface area contributed by atoms with Crippen LogP contribution in [-0.4, -0.2) is 40.8 Å². The Bertz CT molecular complexity index is 1080. The highest BCUT2D eigenvalue weighted by atomic mass is 19.1. The Morgan fingerprint density at radius 2 is 2.14 bits per heavy atom. The highest BCUT2D eigenvalue weighted by Gasteiger charge is 2.26. The fraction of sp³-hybridized carbons (Fsp3) is 0.286. The molecule has 150 valence electrons. The molecule has 0 saturated carbocycles. The Kier molecular flexibility index (Phi) is 5.16. The number of methoxy groups -OCH3 is 1.